The Morgan fingerprint density at radius 3 is 2.08 bits per heavy atom. The van der Waals surface area contributed by atoms with E-state index >= 15 is 0 Å². The van der Waals surface area contributed by atoms with Crippen LogP contribution in [0.15, 0.2) is 73.4 Å². The second-order valence-corrected chi connectivity index (χ2v) is 5.42. The molecule has 0 N–H and O–H groups in total. The quantitative estimate of drug-likeness (QED) is 0.124. The van der Waals surface area contributed by atoms with Crippen LogP contribution in [0.2, 0.25) is 0 Å². The molecule has 0 fully saturated rings. The van der Waals surface area contributed by atoms with Gasteiger partial charge in [0, 0.05) is 6.08 Å². The zero-order chi connectivity index (χ0) is 17.7. The predicted octanol–water partition coefficient (Wildman–Crippen LogP) is 6.25. The second kappa shape index (κ2) is 19.0. The fraction of sp³-hybridized carbons (Fsp3) is 0.409. The maximum absolute atomic E-state index is 11.1. The summed E-state index contributed by atoms with van der Waals surface area (Å²) in [6.07, 6.45) is 29.6. The summed E-state index contributed by atoms with van der Waals surface area (Å²) in [5.41, 5.74) is 0. The summed E-state index contributed by atoms with van der Waals surface area (Å²) in [5.74, 6) is -0.362. The van der Waals surface area contributed by atoms with Crippen LogP contribution >= 0.6 is 0 Å². The molecule has 2 heteroatoms. The third-order valence-electron chi connectivity index (χ3n) is 3.21. The topological polar surface area (TPSA) is 26.3 Å². The van der Waals surface area contributed by atoms with Crippen molar-refractivity contribution in [3.05, 3.63) is 73.4 Å². The summed E-state index contributed by atoms with van der Waals surface area (Å²) in [5, 5.41) is 0. The summed E-state index contributed by atoms with van der Waals surface area (Å²) in [6.45, 7) is 5.96. The molecule has 0 aromatic rings. The number of esters is 1. The molecule has 132 valence electrons. The van der Waals surface area contributed by atoms with Crippen LogP contribution in [0, 0.1) is 0 Å². The average molecular weight is 328 g/mol. The Hall–Kier alpha value is -2.09. The fourth-order valence-corrected chi connectivity index (χ4v) is 1.93. The summed E-state index contributed by atoms with van der Waals surface area (Å²) in [4.78, 5) is 11.1. The zero-order valence-corrected chi connectivity index (χ0v) is 15.0. The lowest BCUT2D eigenvalue weighted by Crippen LogP contribution is -1.99. The number of hydrogen-bond donors (Lipinski definition) is 0. The molecule has 0 saturated carbocycles. The van der Waals surface area contributed by atoms with Gasteiger partial charge in [0.05, 0.1) is 0 Å². The van der Waals surface area contributed by atoms with Crippen molar-refractivity contribution in [1.82, 2.24) is 0 Å². The Bertz CT molecular complexity index is 451. The maximum atomic E-state index is 11.1. The Kier molecular flexibility index (Phi) is 17.3. The molecule has 0 aliphatic carbocycles. The first kappa shape index (κ1) is 21.9. The van der Waals surface area contributed by atoms with Gasteiger partial charge in [-0.3, -0.25) is 0 Å². The van der Waals surface area contributed by atoms with Crippen molar-refractivity contribution in [3.8, 4) is 0 Å². The Morgan fingerprint density at radius 1 is 0.833 bits per heavy atom. The lowest BCUT2D eigenvalue weighted by atomic mass is 10.1. The normalized spacial score (nSPS) is 12.4. The number of hydrogen-bond acceptors (Lipinski definition) is 2. The Balaban J connectivity index is 3.64. The number of carbonyl (C=O) groups is 1. The molecular weight excluding hydrogens is 296 g/mol. The molecule has 0 radical (unpaired) electrons. The molecule has 0 aromatic heterocycles. The minimum Gasteiger partial charge on any atom is -0.458 e. The van der Waals surface area contributed by atoms with Crippen LogP contribution in [0.5, 0.6) is 0 Å². The van der Waals surface area contributed by atoms with Gasteiger partial charge in [-0.25, -0.2) is 4.79 Å². The number of allylic oxidation sites excluding steroid dienone is 9. The molecule has 0 heterocycles. The molecule has 0 rings (SSSR count). The van der Waals surface area contributed by atoms with E-state index in [1.807, 2.05) is 30.4 Å². The van der Waals surface area contributed by atoms with Gasteiger partial charge in [0.1, 0.15) is 6.61 Å². The molecule has 0 saturated heterocycles. The summed E-state index contributed by atoms with van der Waals surface area (Å²) < 4.78 is 4.80. The average Bonchev–Trinajstić information content (AvgIpc) is 2.59. The minimum atomic E-state index is -0.362. The van der Waals surface area contributed by atoms with E-state index in [0.717, 1.165) is 6.42 Å². The first-order valence-corrected chi connectivity index (χ1v) is 8.92. The molecule has 0 spiro atoms. The molecular formula is C22H32O2. The lowest BCUT2D eigenvalue weighted by Gasteiger charge is -1.97. The van der Waals surface area contributed by atoms with Gasteiger partial charge in [0.15, 0.2) is 0 Å². The van der Waals surface area contributed by atoms with E-state index in [9.17, 15) is 4.79 Å². The predicted molar refractivity (Wildman–Crippen MR) is 105 cm³/mol. The number of carbonyl (C=O) groups excluding carboxylic acids is 1. The van der Waals surface area contributed by atoms with Gasteiger partial charge in [0.2, 0.25) is 0 Å². The van der Waals surface area contributed by atoms with Gasteiger partial charge in [-0.2, -0.15) is 0 Å². The number of rotatable bonds is 14. The van der Waals surface area contributed by atoms with E-state index in [0.29, 0.717) is 0 Å². The Morgan fingerprint density at radius 2 is 1.42 bits per heavy atom. The maximum Gasteiger partial charge on any atom is 0.331 e. The standard InChI is InChI=1S/C22H32O2/c1-3-5-6-7-8-9-10-11-12-13-14-15-16-17-18-19-20-22(23)24-21-4-2/h4,11-20H,2-3,5-10,21H2,1H3/b12-11+,14-13+,16-15+,18-17+,20-19+. The molecule has 0 amide bonds. The van der Waals surface area contributed by atoms with Crippen LogP contribution in [0.4, 0.5) is 0 Å². The fourth-order valence-electron chi connectivity index (χ4n) is 1.93. The molecule has 0 aliphatic heterocycles. The van der Waals surface area contributed by atoms with Gasteiger partial charge in [0.25, 0.3) is 0 Å². The van der Waals surface area contributed by atoms with Crippen LogP contribution < -0.4 is 0 Å². The van der Waals surface area contributed by atoms with Crippen molar-refractivity contribution in [2.45, 2.75) is 51.9 Å². The molecule has 24 heavy (non-hydrogen) atoms. The first-order valence-electron chi connectivity index (χ1n) is 8.92. The van der Waals surface area contributed by atoms with Crippen LogP contribution in [-0.2, 0) is 9.53 Å². The molecule has 0 bridgehead atoms. The van der Waals surface area contributed by atoms with E-state index in [1.165, 1.54) is 44.6 Å². The number of unbranched alkanes of at least 4 members (excludes halogenated alkanes) is 6. The van der Waals surface area contributed by atoms with Crippen molar-refractivity contribution in [1.29, 1.82) is 0 Å². The highest BCUT2D eigenvalue weighted by Gasteiger charge is 1.90. The SMILES string of the molecule is C=CCOC(=O)/C=C/C=C/C=C/C=C/C=C/CCCCCCCC. The molecule has 0 aromatic carbocycles. The molecule has 0 atom stereocenters. The third kappa shape index (κ3) is 18.0. The highest BCUT2D eigenvalue weighted by molar-refractivity contribution is 5.82. The van der Waals surface area contributed by atoms with Crippen molar-refractivity contribution >= 4 is 5.97 Å². The highest BCUT2D eigenvalue weighted by Crippen LogP contribution is 2.07. The van der Waals surface area contributed by atoms with Crippen LogP contribution in [0.3, 0.4) is 0 Å². The number of ether oxygens (including phenoxy) is 1. The smallest absolute Gasteiger partial charge is 0.331 e. The van der Waals surface area contributed by atoms with Gasteiger partial charge in [-0.05, 0) is 12.8 Å². The van der Waals surface area contributed by atoms with Crippen molar-refractivity contribution in [2.75, 3.05) is 6.61 Å². The summed E-state index contributed by atoms with van der Waals surface area (Å²) in [6, 6.07) is 0. The van der Waals surface area contributed by atoms with Gasteiger partial charge < -0.3 is 4.74 Å². The highest BCUT2D eigenvalue weighted by atomic mass is 16.5. The van der Waals surface area contributed by atoms with Gasteiger partial charge in [-0.15, -0.1) is 0 Å². The van der Waals surface area contributed by atoms with Crippen molar-refractivity contribution < 1.29 is 9.53 Å². The second-order valence-electron chi connectivity index (χ2n) is 5.42. The van der Waals surface area contributed by atoms with E-state index < -0.39 is 0 Å². The first-order chi connectivity index (χ1) is 11.8. The zero-order valence-electron chi connectivity index (χ0n) is 15.0. The lowest BCUT2D eigenvalue weighted by molar-refractivity contribution is -0.136. The monoisotopic (exact) mass is 328 g/mol. The van der Waals surface area contributed by atoms with E-state index in [4.69, 9.17) is 4.74 Å². The Labute approximate surface area is 148 Å². The van der Waals surface area contributed by atoms with Gasteiger partial charge in [-0.1, -0.05) is 106 Å². The van der Waals surface area contributed by atoms with Crippen molar-refractivity contribution in [3.63, 3.8) is 0 Å². The van der Waals surface area contributed by atoms with E-state index in [-0.39, 0.29) is 12.6 Å². The summed E-state index contributed by atoms with van der Waals surface area (Å²) in [7, 11) is 0. The van der Waals surface area contributed by atoms with E-state index in [2.05, 4.69) is 25.7 Å². The third-order valence-corrected chi connectivity index (χ3v) is 3.21. The molecule has 0 unspecified atom stereocenters. The van der Waals surface area contributed by atoms with Crippen molar-refractivity contribution in [2.24, 2.45) is 0 Å². The van der Waals surface area contributed by atoms with E-state index in [1.54, 1.807) is 18.2 Å². The van der Waals surface area contributed by atoms with Crippen LogP contribution in [0.1, 0.15) is 51.9 Å². The van der Waals surface area contributed by atoms with Crippen LogP contribution in [0.25, 0.3) is 0 Å². The molecule has 0 aliphatic rings. The van der Waals surface area contributed by atoms with Gasteiger partial charge >= 0.3 is 5.97 Å². The summed E-state index contributed by atoms with van der Waals surface area (Å²) >= 11 is 0. The molecule has 2 nitrogen and oxygen atoms in total. The largest absolute Gasteiger partial charge is 0.458 e. The van der Waals surface area contributed by atoms with Crippen LogP contribution in [-0.4, -0.2) is 12.6 Å². The minimum absolute atomic E-state index is 0.240.